The van der Waals surface area contributed by atoms with Crippen LogP contribution in [0, 0.1) is 22.7 Å². The van der Waals surface area contributed by atoms with Gasteiger partial charge in [0.25, 0.3) is 0 Å². The monoisotopic (exact) mass is 306 g/mol. The third kappa shape index (κ3) is 2.70. The number of carbonyl (C=O) groups is 1. The third-order valence-electron chi connectivity index (χ3n) is 6.28. The van der Waals surface area contributed by atoms with Gasteiger partial charge in [0, 0.05) is 0 Å². The fourth-order valence-electron chi connectivity index (χ4n) is 5.15. The van der Waals surface area contributed by atoms with Crippen molar-refractivity contribution in [3.63, 3.8) is 0 Å². The van der Waals surface area contributed by atoms with Crippen molar-refractivity contribution in [1.29, 1.82) is 0 Å². The van der Waals surface area contributed by atoms with Crippen LogP contribution in [0.2, 0.25) is 0 Å². The van der Waals surface area contributed by atoms with Gasteiger partial charge in [-0.2, -0.15) is 0 Å². The Labute approximate surface area is 134 Å². The Bertz CT molecular complexity index is 467. The van der Waals surface area contributed by atoms with E-state index in [0.717, 1.165) is 38.5 Å². The summed E-state index contributed by atoms with van der Waals surface area (Å²) in [6, 6.07) is 0. The van der Waals surface area contributed by atoms with Gasteiger partial charge in [0.1, 0.15) is 0 Å². The average molecular weight is 306 g/mol. The van der Waals surface area contributed by atoms with Crippen LogP contribution in [0.3, 0.4) is 0 Å². The molecule has 4 atom stereocenters. The summed E-state index contributed by atoms with van der Waals surface area (Å²) < 4.78 is 10.2. The van der Waals surface area contributed by atoms with Gasteiger partial charge in [-0.1, -0.05) is 25.5 Å². The third-order valence-corrected chi connectivity index (χ3v) is 6.28. The molecule has 2 aliphatic rings. The Hall–Kier alpha value is -1.25. The molecule has 0 aromatic rings. The molecule has 0 spiro atoms. The highest BCUT2D eigenvalue weighted by molar-refractivity contribution is 5.77. The van der Waals surface area contributed by atoms with Crippen LogP contribution in [-0.4, -0.2) is 20.2 Å². The number of hydrogen-bond acceptors (Lipinski definition) is 3. The number of methoxy groups -OCH3 is 2. The van der Waals surface area contributed by atoms with E-state index in [9.17, 15) is 4.79 Å². The summed E-state index contributed by atoms with van der Waals surface area (Å²) in [6.45, 7) is 8.80. The molecule has 0 N–H and O–H groups in total. The molecule has 0 bridgehead atoms. The molecule has 2 fully saturated rings. The van der Waals surface area contributed by atoms with Crippen molar-refractivity contribution in [2.24, 2.45) is 22.7 Å². The Morgan fingerprint density at radius 3 is 2.73 bits per heavy atom. The van der Waals surface area contributed by atoms with E-state index in [1.54, 1.807) is 13.4 Å². The molecule has 22 heavy (non-hydrogen) atoms. The summed E-state index contributed by atoms with van der Waals surface area (Å²) in [5.74, 6) is 0.747. The predicted molar refractivity (Wildman–Crippen MR) is 88.2 cm³/mol. The number of carbonyl (C=O) groups excluding carboxylic acids is 1. The summed E-state index contributed by atoms with van der Waals surface area (Å²) in [6.07, 6.45) is 10.0. The van der Waals surface area contributed by atoms with Gasteiger partial charge < -0.3 is 9.47 Å². The van der Waals surface area contributed by atoms with Gasteiger partial charge in [0.15, 0.2) is 0 Å². The number of rotatable bonds is 4. The molecule has 3 nitrogen and oxygen atoms in total. The van der Waals surface area contributed by atoms with Gasteiger partial charge in [0.2, 0.25) is 0 Å². The molecule has 2 saturated carbocycles. The summed E-state index contributed by atoms with van der Waals surface area (Å²) in [4.78, 5) is 12.5. The molecule has 0 amide bonds. The Morgan fingerprint density at radius 2 is 2.09 bits per heavy atom. The van der Waals surface area contributed by atoms with E-state index in [-0.39, 0.29) is 16.8 Å². The summed E-state index contributed by atoms with van der Waals surface area (Å²) >= 11 is 0. The normalized spacial score (nSPS) is 38.6. The molecule has 2 aliphatic carbocycles. The van der Waals surface area contributed by atoms with Crippen molar-refractivity contribution < 1.29 is 14.3 Å². The van der Waals surface area contributed by atoms with Crippen LogP contribution in [0.1, 0.15) is 52.4 Å². The zero-order valence-electron chi connectivity index (χ0n) is 14.5. The van der Waals surface area contributed by atoms with Crippen molar-refractivity contribution in [1.82, 2.24) is 0 Å². The number of allylic oxidation sites excluding steroid dienone is 2. The lowest BCUT2D eigenvalue weighted by molar-refractivity contribution is -0.167. The highest BCUT2D eigenvalue weighted by Gasteiger charge is 2.57. The van der Waals surface area contributed by atoms with Gasteiger partial charge in [-0.3, -0.25) is 4.79 Å². The highest BCUT2D eigenvalue weighted by Crippen LogP contribution is 2.62. The standard InChI is InChI=1S/C19H30O3/c1-14-9-10-16-18(2,15(14)8-6-13-21-4)11-7-12-19(16,3)17(20)22-5/h6,13,15-16H,1,7-12H2,2-5H3/b13-6+/t15-,16+,18+,19-/m0/s1. The lowest BCUT2D eigenvalue weighted by Gasteiger charge is -2.57. The lowest BCUT2D eigenvalue weighted by Crippen LogP contribution is -2.53. The van der Waals surface area contributed by atoms with Gasteiger partial charge >= 0.3 is 5.97 Å². The molecule has 3 heteroatoms. The average Bonchev–Trinajstić information content (AvgIpc) is 2.49. The van der Waals surface area contributed by atoms with E-state index in [1.807, 2.05) is 0 Å². The van der Waals surface area contributed by atoms with Crippen LogP contribution in [0.4, 0.5) is 0 Å². The molecule has 124 valence electrons. The van der Waals surface area contributed by atoms with E-state index < -0.39 is 0 Å². The van der Waals surface area contributed by atoms with E-state index in [2.05, 4.69) is 26.5 Å². The SMILES string of the molecule is C=C1CC[C@@H]2[C@](C)(CCC[C@]2(C)C(=O)OC)[C@H]1C/C=C/OC. The fourth-order valence-corrected chi connectivity index (χ4v) is 5.15. The maximum atomic E-state index is 12.5. The van der Waals surface area contributed by atoms with Crippen LogP contribution < -0.4 is 0 Å². The largest absolute Gasteiger partial charge is 0.505 e. The van der Waals surface area contributed by atoms with Crippen LogP contribution in [0.15, 0.2) is 24.5 Å². The molecule has 2 rings (SSSR count). The summed E-state index contributed by atoms with van der Waals surface area (Å²) in [5.41, 5.74) is 1.09. The van der Waals surface area contributed by atoms with Crippen molar-refractivity contribution in [2.75, 3.05) is 14.2 Å². The predicted octanol–water partition coefficient (Wildman–Crippen LogP) is 4.49. The molecule has 0 aromatic carbocycles. The van der Waals surface area contributed by atoms with E-state index in [1.165, 1.54) is 12.7 Å². The fraction of sp³-hybridized carbons (Fsp3) is 0.737. The highest BCUT2D eigenvalue weighted by atomic mass is 16.5. The molecule has 0 radical (unpaired) electrons. The lowest BCUT2D eigenvalue weighted by atomic mass is 9.46. The number of fused-ring (bicyclic) bond motifs is 1. The number of hydrogen-bond donors (Lipinski definition) is 0. The topological polar surface area (TPSA) is 35.5 Å². The Kier molecular flexibility index (Phi) is 5.03. The van der Waals surface area contributed by atoms with Crippen LogP contribution >= 0.6 is 0 Å². The Balaban J connectivity index is 2.33. The maximum Gasteiger partial charge on any atom is 0.311 e. The first kappa shape index (κ1) is 17.1. The molecular formula is C19H30O3. The van der Waals surface area contributed by atoms with Crippen molar-refractivity contribution in [3.8, 4) is 0 Å². The quantitative estimate of drug-likeness (QED) is 0.436. The molecule has 0 heterocycles. The zero-order valence-corrected chi connectivity index (χ0v) is 14.5. The molecule has 0 unspecified atom stereocenters. The van der Waals surface area contributed by atoms with E-state index in [0.29, 0.717) is 11.8 Å². The van der Waals surface area contributed by atoms with Crippen molar-refractivity contribution in [2.45, 2.75) is 52.4 Å². The molecular weight excluding hydrogens is 276 g/mol. The number of ether oxygens (including phenoxy) is 2. The first-order valence-electron chi connectivity index (χ1n) is 8.34. The van der Waals surface area contributed by atoms with Crippen molar-refractivity contribution in [3.05, 3.63) is 24.5 Å². The summed E-state index contributed by atoms with van der Waals surface area (Å²) in [7, 11) is 3.19. The smallest absolute Gasteiger partial charge is 0.311 e. The van der Waals surface area contributed by atoms with E-state index >= 15 is 0 Å². The number of esters is 1. The minimum absolute atomic E-state index is 0.0397. The molecule has 0 saturated heterocycles. The second-order valence-corrected chi connectivity index (χ2v) is 7.41. The first-order valence-corrected chi connectivity index (χ1v) is 8.34. The van der Waals surface area contributed by atoms with Crippen LogP contribution in [0.5, 0.6) is 0 Å². The molecule has 0 aliphatic heterocycles. The summed E-state index contributed by atoms with van der Waals surface area (Å²) in [5, 5.41) is 0. The van der Waals surface area contributed by atoms with Gasteiger partial charge in [-0.05, 0) is 62.4 Å². The van der Waals surface area contributed by atoms with Crippen LogP contribution in [0.25, 0.3) is 0 Å². The minimum Gasteiger partial charge on any atom is -0.505 e. The van der Waals surface area contributed by atoms with Crippen LogP contribution in [-0.2, 0) is 14.3 Å². The molecule has 0 aromatic heterocycles. The Morgan fingerprint density at radius 1 is 1.36 bits per heavy atom. The van der Waals surface area contributed by atoms with Gasteiger partial charge in [0.05, 0.1) is 25.9 Å². The van der Waals surface area contributed by atoms with Gasteiger partial charge in [-0.15, -0.1) is 0 Å². The van der Waals surface area contributed by atoms with E-state index in [4.69, 9.17) is 9.47 Å². The van der Waals surface area contributed by atoms with Crippen molar-refractivity contribution >= 4 is 5.97 Å². The first-order chi connectivity index (χ1) is 10.4. The second kappa shape index (κ2) is 6.47. The van der Waals surface area contributed by atoms with Gasteiger partial charge in [-0.25, -0.2) is 0 Å². The second-order valence-electron chi connectivity index (χ2n) is 7.41. The zero-order chi connectivity index (χ0) is 16.4. The maximum absolute atomic E-state index is 12.5. The minimum atomic E-state index is -0.355.